The Morgan fingerprint density at radius 3 is 2.65 bits per heavy atom. The van der Waals surface area contributed by atoms with Crippen molar-refractivity contribution in [2.45, 2.75) is 45.7 Å². The first kappa shape index (κ1) is 16.0. The SMILES string of the molecule is CCC(C)C1CN(C(C)c2ccc(Br)cc2)CCCN1. The predicted octanol–water partition coefficient (Wildman–Crippen LogP) is 4.22. The Bertz CT molecular complexity index is 404. The normalized spacial score (nSPS) is 24.1. The van der Waals surface area contributed by atoms with E-state index in [0.29, 0.717) is 12.1 Å². The van der Waals surface area contributed by atoms with Gasteiger partial charge in [0.15, 0.2) is 0 Å². The molecule has 0 aromatic heterocycles. The van der Waals surface area contributed by atoms with Crippen molar-refractivity contribution in [2.75, 3.05) is 19.6 Å². The molecule has 1 aliphatic heterocycles. The Morgan fingerprint density at radius 2 is 2.00 bits per heavy atom. The summed E-state index contributed by atoms with van der Waals surface area (Å²) in [5, 5.41) is 3.73. The van der Waals surface area contributed by atoms with Gasteiger partial charge in [-0.05, 0) is 43.5 Å². The largest absolute Gasteiger partial charge is 0.312 e. The average Bonchev–Trinajstić information content (AvgIpc) is 2.72. The molecule has 1 fully saturated rings. The molecule has 0 radical (unpaired) electrons. The van der Waals surface area contributed by atoms with Gasteiger partial charge in [0.1, 0.15) is 0 Å². The van der Waals surface area contributed by atoms with Crippen LogP contribution in [0, 0.1) is 5.92 Å². The zero-order valence-electron chi connectivity index (χ0n) is 12.9. The third-order valence-corrected chi connectivity index (χ3v) is 5.22. The smallest absolute Gasteiger partial charge is 0.0320 e. The Morgan fingerprint density at radius 1 is 1.30 bits per heavy atom. The number of hydrogen-bond acceptors (Lipinski definition) is 2. The minimum atomic E-state index is 0.495. The summed E-state index contributed by atoms with van der Waals surface area (Å²) in [6.07, 6.45) is 2.49. The number of benzene rings is 1. The molecular formula is C17H27BrN2. The monoisotopic (exact) mass is 338 g/mol. The second-order valence-electron chi connectivity index (χ2n) is 6.02. The highest BCUT2D eigenvalue weighted by molar-refractivity contribution is 9.10. The lowest BCUT2D eigenvalue weighted by Crippen LogP contribution is -2.42. The van der Waals surface area contributed by atoms with Crippen LogP contribution in [-0.4, -0.2) is 30.6 Å². The fourth-order valence-corrected chi connectivity index (χ4v) is 3.21. The molecule has 3 atom stereocenters. The summed E-state index contributed by atoms with van der Waals surface area (Å²) >= 11 is 3.52. The van der Waals surface area contributed by atoms with Gasteiger partial charge in [0.2, 0.25) is 0 Å². The minimum absolute atomic E-state index is 0.495. The highest BCUT2D eigenvalue weighted by atomic mass is 79.9. The van der Waals surface area contributed by atoms with Gasteiger partial charge in [-0.1, -0.05) is 48.3 Å². The summed E-state index contributed by atoms with van der Waals surface area (Å²) in [6.45, 7) is 10.5. The summed E-state index contributed by atoms with van der Waals surface area (Å²) in [5.41, 5.74) is 1.41. The van der Waals surface area contributed by atoms with E-state index in [4.69, 9.17) is 0 Å². The molecule has 1 saturated heterocycles. The molecule has 3 unspecified atom stereocenters. The van der Waals surface area contributed by atoms with Gasteiger partial charge >= 0.3 is 0 Å². The van der Waals surface area contributed by atoms with Crippen LogP contribution >= 0.6 is 15.9 Å². The molecule has 1 aliphatic rings. The maximum atomic E-state index is 3.73. The number of halogens is 1. The first-order valence-electron chi connectivity index (χ1n) is 7.84. The molecule has 2 rings (SSSR count). The lowest BCUT2D eigenvalue weighted by molar-refractivity contribution is 0.188. The van der Waals surface area contributed by atoms with Crippen molar-refractivity contribution in [1.29, 1.82) is 0 Å². The van der Waals surface area contributed by atoms with Gasteiger partial charge < -0.3 is 5.32 Å². The van der Waals surface area contributed by atoms with E-state index in [-0.39, 0.29) is 0 Å². The van der Waals surface area contributed by atoms with E-state index in [1.807, 2.05) is 0 Å². The third kappa shape index (κ3) is 4.06. The number of rotatable bonds is 4. The van der Waals surface area contributed by atoms with Crippen molar-refractivity contribution < 1.29 is 0 Å². The number of nitrogens with one attached hydrogen (secondary N) is 1. The topological polar surface area (TPSA) is 15.3 Å². The maximum absolute atomic E-state index is 3.73. The average molecular weight is 339 g/mol. The molecule has 112 valence electrons. The van der Waals surface area contributed by atoms with E-state index in [9.17, 15) is 0 Å². The lowest BCUT2D eigenvalue weighted by atomic mass is 9.98. The summed E-state index contributed by atoms with van der Waals surface area (Å²) in [7, 11) is 0. The van der Waals surface area contributed by atoms with Gasteiger partial charge in [-0.2, -0.15) is 0 Å². The van der Waals surface area contributed by atoms with Gasteiger partial charge in [0, 0.05) is 29.6 Å². The second-order valence-corrected chi connectivity index (χ2v) is 6.94. The molecule has 3 heteroatoms. The van der Waals surface area contributed by atoms with E-state index in [0.717, 1.165) is 23.5 Å². The van der Waals surface area contributed by atoms with Crippen molar-refractivity contribution >= 4 is 15.9 Å². The Labute approximate surface area is 132 Å². The van der Waals surface area contributed by atoms with Crippen LogP contribution in [0.4, 0.5) is 0 Å². The molecule has 0 spiro atoms. The minimum Gasteiger partial charge on any atom is -0.312 e. The maximum Gasteiger partial charge on any atom is 0.0320 e. The van der Waals surface area contributed by atoms with Crippen LogP contribution in [0.3, 0.4) is 0 Å². The first-order chi connectivity index (χ1) is 9.61. The molecule has 0 bridgehead atoms. The molecule has 0 saturated carbocycles. The molecule has 1 heterocycles. The van der Waals surface area contributed by atoms with Crippen LogP contribution in [0.2, 0.25) is 0 Å². The Kier molecular flexibility index (Phi) is 6.06. The van der Waals surface area contributed by atoms with Crippen molar-refractivity contribution in [3.8, 4) is 0 Å². The van der Waals surface area contributed by atoms with Gasteiger partial charge in [-0.25, -0.2) is 0 Å². The molecule has 20 heavy (non-hydrogen) atoms. The van der Waals surface area contributed by atoms with E-state index < -0.39 is 0 Å². The zero-order chi connectivity index (χ0) is 14.5. The van der Waals surface area contributed by atoms with Crippen LogP contribution in [0.5, 0.6) is 0 Å². The van der Waals surface area contributed by atoms with Crippen LogP contribution in [0.15, 0.2) is 28.7 Å². The van der Waals surface area contributed by atoms with Crippen LogP contribution in [0.25, 0.3) is 0 Å². The number of nitrogens with zero attached hydrogens (tertiary/aromatic N) is 1. The van der Waals surface area contributed by atoms with Gasteiger partial charge in [0.05, 0.1) is 0 Å². The number of hydrogen-bond donors (Lipinski definition) is 1. The predicted molar refractivity (Wildman–Crippen MR) is 90.0 cm³/mol. The van der Waals surface area contributed by atoms with Gasteiger partial charge in [0.25, 0.3) is 0 Å². The lowest BCUT2D eigenvalue weighted by Gasteiger charge is -2.32. The van der Waals surface area contributed by atoms with E-state index in [2.05, 4.69) is 71.2 Å². The molecular weight excluding hydrogens is 312 g/mol. The quantitative estimate of drug-likeness (QED) is 0.884. The van der Waals surface area contributed by atoms with E-state index >= 15 is 0 Å². The Hall–Kier alpha value is -0.380. The van der Waals surface area contributed by atoms with Crippen molar-refractivity contribution in [2.24, 2.45) is 5.92 Å². The molecule has 1 N–H and O–H groups in total. The summed E-state index contributed by atoms with van der Waals surface area (Å²) in [6, 6.07) is 9.90. The molecule has 0 aliphatic carbocycles. The fourth-order valence-electron chi connectivity index (χ4n) is 2.95. The van der Waals surface area contributed by atoms with Gasteiger partial charge in [-0.3, -0.25) is 4.90 Å². The highest BCUT2D eigenvalue weighted by Gasteiger charge is 2.25. The van der Waals surface area contributed by atoms with Crippen molar-refractivity contribution in [1.82, 2.24) is 10.2 Å². The standard InChI is InChI=1S/C17H27BrN2/c1-4-13(2)17-12-20(11-5-10-19-17)14(3)15-6-8-16(18)9-7-15/h6-9,13-14,17,19H,4-5,10-12H2,1-3H3. The van der Waals surface area contributed by atoms with Gasteiger partial charge in [-0.15, -0.1) is 0 Å². The molecule has 1 aromatic rings. The van der Waals surface area contributed by atoms with Crippen LogP contribution < -0.4 is 5.32 Å². The van der Waals surface area contributed by atoms with Crippen LogP contribution in [-0.2, 0) is 0 Å². The summed E-state index contributed by atoms with van der Waals surface area (Å²) < 4.78 is 1.16. The summed E-state index contributed by atoms with van der Waals surface area (Å²) in [5.74, 6) is 0.743. The first-order valence-corrected chi connectivity index (χ1v) is 8.64. The van der Waals surface area contributed by atoms with Crippen molar-refractivity contribution in [3.63, 3.8) is 0 Å². The van der Waals surface area contributed by atoms with Crippen LogP contribution in [0.1, 0.15) is 45.2 Å². The molecule has 2 nitrogen and oxygen atoms in total. The Balaban J connectivity index is 2.07. The summed E-state index contributed by atoms with van der Waals surface area (Å²) in [4.78, 5) is 2.64. The van der Waals surface area contributed by atoms with E-state index in [1.165, 1.54) is 24.9 Å². The highest BCUT2D eigenvalue weighted by Crippen LogP contribution is 2.24. The van der Waals surface area contributed by atoms with E-state index in [1.54, 1.807) is 0 Å². The third-order valence-electron chi connectivity index (χ3n) is 4.69. The fraction of sp³-hybridized carbons (Fsp3) is 0.647. The zero-order valence-corrected chi connectivity index (χ0v) is 14.5. The second kappa shape index (κ2) is 7.58. The van der Waals surface area contributed by atoms with Crippen molar-refractivity contribution in [3.05, 3.63) is 34.3 Å². The molecule has 0 amide bonds. The molecule has 1 aromatic carbocycles.